The van der Waals surface area contributed by atoms with Crippen LogP contribution in [0.15, 0.2) is 12.1 Å². The van der Waals surface area contributed by atoms with Crippen molar-refractivity contribution in [2.75, 3.05) is 19.0 Å². The van der Waals surface area contributed by atoms with Gasteiger partial charge in [-0.2, -0.15) is 0 Å². The summed E-state index contributed by atoms with van der Waals surface area (Å²) in [6.45, 7) is 5.13. The Morgan fingerprint density at radius 2 is 2.25 bits per heavy atom. The van der Waals surface area contributed by atoms with Gasteiger partial charge in [0.05, 0.1) is 18.4 Å². The number of methoxy groups -OCH3 is 1. The van der Waals surface area contributed by atoms with Crippen LogP contribution < -0.4 is 5.32 Å². The van der Waals surface area contributed by atoms with Gasteiger partial charge in [-0.1, -0.05) is 19.8 Å². The molecule has 0 saturated heterocycles. The van der Waals surface area contributed by atoms with Crippen LogP contribution in [0.5, 0.6) is 0 Å². The maximum absolute atomic E-state index is 11.5. The SMILES string of the molecule is COC(=O)c1ccc(NCC2CCCC(C)C2)nc1C. The van der Waals surface area contributed by atoms with Crippen LogP contribution in [0.1, 0.15) is 48.7 Å². The van der Waals surface area contributed by atoms with Crippen LogP contribution in [0, 0.1) is 18.8 Å². The van der Waals surface area contributed by atoms with Gasteiger partial charge in [-0.25, -0.2) is 9.78 Å². The Kier molecular flexibility index (Phi) is 4.99. The monoisotopic (exact) mass is 276 g/mol. The number of carbonyl (C=O) groups excluding carboxylic acids is 1. The van der Waals surface area contributed by atoms with Gasteiger partial charge in [0.15, 0.2) is 0 Å². The molecule has 20 heavy (non-hydrogen) atoms. The fourth-order valence-electron chi connectivity index (χ4n) is 2.98. The zero-order valence-electron chi connectivity index (χ0n) is 12.6. The molecule has 0 amide bonds. The van der Waals surface area contributed by atoms with Crippen LogP contribution in [0.2, 0.25) is 0 Å². The van der Waals surface area contributed by atoms with E-state index in [0.29, 0.717) is 11.3 Å². The van der Waals surface area contributed by atoms with Crippen LogP contribution in [0.4, 0.5) is 5.82 Å². The summed E-state index contributed by atoms with van der Waals surface area (Å²) in [6.07, 6.45) is 5.30. The predicted molar refractivity (Wildman–Crippen MR) is 79.9 cm³/mol. The van der Waals surface area contributed by atoms with E-state index in [0.717, 1.165) is 24.2 Å². The van der Waals surface area contributed by atoms with Crippen LogP contribution in [-0.4, -0.2) is 24.6 Å². The smallest absolute Gasteiger partial charge is 0.339 e. The lowest BCUT2D eigenvalue weighted by Gasteiger charge is -2.27. The molecule has 2 atom stereocenters. The molecule has 0 radical (unpaired) electrons. The van der Waals surface area contributed by atoms with Crippen molar-refractivity contribution in [1.82, 2.24) is 4.98 Å². The maximum Gasteiger partial charge on any atom is 0.339 e. The van der Waals surface area contributed by atoms with E-state index in [-0.39, 0.29) is 5.97 Å². The number of ether oxygens (including phenoxy) is 1. The quantitative estimate of drug-likeness (QED) is 0.856. The summed E-state index contributed by atoms with van der Waals surface area (Å²) in [5, 5.41) is 3.40. The lowest BCUT2D eigenvalue weighted by Crippen LogP contribution is -2.21. The standard InChI is InChI=1S/C16H24N2O2/c1-11-5-4-6-13(9-11)10-17-15-8-7-14(12(2)18-15)16(19)20-3/h7-8,11,13H,4-6,9-10H2,1-3H3,(H,17,18). The van der Waals surface area contributed by atoms with Crippen LogP contribution in [0.25, 0.3) is 0 Å². The van der Waals surface area contributed by atoms with Crippen LogP contribution in [-0.2, 0) is 4.74 Å². The van der Waals surface area contributed by atoms with Crippen LogP contribution >= 0.6 is 0 Å². The molecule has 1 saturated carbocycles. The highest BCUT2D eigenvalue weighted by molar-refractivity contribution is 5.90. The molecule has 1 heterocycles. The van der Waals surface area contributed by atoms with Crippen molar-refractivity contribution in [1.29, 1.82) is 0 Å². The minimum Gasteiger partial charge on any atom is -0.465 e. The van der Waals surface area contributed by atoms with E-state index in [9.17, 15) is 4.79 Å². The summed E-state index contributed by atoms with van der Waals surface area (Å²) in [6, 6.07) is 3.63. The second-order valence-electron chi connectivity index (χ2n) is 5.84. The van der Waals surface area contributed by atoms with Crippen molar-refractivity contribution in [3.8, 4) is 0 Å². The predicted octanol–water partition coefficient (Wildman–Crippen LogP) is 3.41. The fraction of sp³-hybridized carbons (Fsp3) is 0.625. The second kappa shape index (κ2) is 6.73. The number of nitrogens with one attached hydrogen (secondary N) is 1. The zero-order valence-corrected chi connectivity index (χ0v) is 12.6. The van der Waals surface area contributed by atoms with Crippen molar-refractivity contribution in [2.45, 2.75) is 39.5 Å². The second-order valence-corrected chi connectivity index (χ2v) is 5.84. The number of nitrogens with zero attached hydrogens (tertiary/aromatic N) is 1. The number of pyridine rings is 1. The van der Waals surface area contributed by atoms with E-state index in [4.69, 9.17) is 4.74 Å². The topological polar surface area (TPSA) is 51.2 Å². The van der Waals surface area contributed by atoms with E-state index < -0.39 is 0 Å². The third-order valence-corrected chi connectivity index (χ3v) is 4.11. The summed E-state index contributed by atoms with van der Waals surface area (Å²) < 4.78 is 4.72. The van der Waals surface area contributed by atoms with Crippen molar-refractivity contribution >= 4 is 11.8 Å². The van der Waals surface area contributed by atoms with Gasteiger partial charge in [0.25, 0.3) is 0 Å². The molecule has 4 nitrogen and oxygen atoms in total. The van der Waals surface area contributed by atoms with E-state index in [1.165, 1.54) is 32.8 Å². The van der Waals surface area contributed by atoms with E-state index in [1.54, 1.807) is 6.07 Å². The lowest BCUT2D eigenvalue weighted by atomic mass is 9.82. The van der Waals surface area contributed by atoms with Gasteiger partial charge in [-0.3, -0.25) is 0 Å². The molecule has 1 aromatic rings. The molecule has 1 fully saturated rings. The molecule has 1 aliphatic carbocycles. The highest BCUT2D eigenvalue weighted by atomic mass is 16.5. The first-order chi connectivity index (χ1) is 9.60. The third kappa shape index (κ3) is 3.71. The molecule has 0 aromatic carbocycles. The van der Waals surface area contributed by atoms with Crippen molar-refractivity contribution < 1.29 is 9.53 Å². The van der Waals surface area contributed by atoms with Crippen LogP contribution in [0.3, 0.4) is 0 Å². The highest BCUT2D eigenvalue weighted by Crippen LogP contribution is 2.28. The number of rotatable bonds is 4. The van der Waals surface area contributed by atoms with E-state index >= 15 is 0 Å². The van der Waals surface area contributed by atoms with Gasteiger partial charge in [0, 0.05) is 6.54 Å². The third-order valence-electron chi connectivity index (χ3n) is 4.11. The summed E-state index contributed by atoms with van der Waals surface area (Å²) in [5.41, 5.74) is 1.24. The van der Waals surface area contributed by atoms with E-state index in [2.05, 4.69) is 17.2 Å². The Balaban J connectivity index is 1.93. The largest absolute Gasteiger partial charge is 0.465 e. The first-order valence-electron chi connectivity index (χ1n) is 7.40. The molecule has 0 spiro atoms. The van der Waals surface area contributed by atoms with Gasteiger partial charge < -0.3 is 10.1 Å². The molecule has 4 heteroatoms. The molecule has 2 rings (SSSR count). The minimum atomic E-state index is -0.331. The first-order valence-corrected chi connectivity index (χ1v) is 7.40. The van der Waals surface area contributed by atoms with Crippen molar-refractivity contribution in [2.24, 2.45) is 11.8 Å². The number of carbonyl (C=O) groups is 1. The average Bonchev–Trinajstić information content (AvgIpc) is 2.44. The molecule has 0 bridgehead atoms. The lowest BCUT2D eigenvalue weighted by molar-refractivity contribution is 0.0599. The molecule has 1 aromatic heterocycles. The minimum absolute atomic E-state index is 0.331. The Morgan fingerprint density at radius 3 is 2.90 bits per heavy atom. The normalized spacial score (nSPS) is 22.4. The zero-order chi connectivity index (χ0) is 14.5. The van der Waals surface area contributed by atoms with Gasteiger partial charge in [-0.05, 0) is 43.7 Å². The van der Waals surface area contributed by atoms with Gasteiger partial charge in [-0.15, -0.1) is 0 Å². The number of hydrogen-bond donors (Lipinski definition) is 1. The fourth-order valence-corrected chi connectivity index (χ4v) is 2.98. The summed E-state index contributed by atoms with van der Waals surface area (Å²) in [4.78, 5) is 15.9. The molecule has 2 unspecified atom stereocenters. The molecular formula is C16H24N2O2. The molecule has 110 valence electrons. The number of aryl methyl sites for hydroxylation is 1. The Labute approximate surface area is 120 Å². The first kappa shape index (κ1) is 14.8. The van der Waals surface area contributed by atoms with E-state index in [1.807, 2.05) is 13.0 Å². The summed E-state index contributed by atoms with van der Waals surface area (Å²) in [5.74, 6) is 2.09. The summed E-state index contributed by atoms with van der Waals surface area (Å²) >= 11 is 0. The molecular weight excluding hydrogens is 252 g/mol. The Hall–Kier alpha value is -1.58. The number of aromatic nitrogens is 1. The van der Waals surface area contributed by atoms with Gasteiger partial charge in [0.2, 0.25) is 0 Å². The Bertz CT molecular complexity index is 474. The summed E-state index contributed by atoms with van der Waals surface area (Å²) in [7, 11) is 1.39. The van der Waals surface area contributed by atoms with Gasteiger partial charge in [0.1, 0.15) is 5.82 Å². The van der Waals surface area contributed by atoms with Gasteiger partial charge >= 0.3 is 5.97 Å². The molecule has 1 aliphatic rings. The van der Waals surface area contributed by atoms with Crippen molar-refractivity contribution in [3.63, 3.8) is 0 Å². The highest BCUT2D eigenvalue weighted by Gasteiger charge is 2.18. The average molecular weight is 276 g/mol. The maximum atomic E-state index is 11.5. The number of anilines is 1. The number of hydrogen-bond acceptors (Lipinski definition) is 4. The molecule has 1 N–H and O–H groups in total. The van der Waals surface area contributed by atoms with Crippen molar-refractivity contribution in [3.05, 3.63) is 23.4 Å². The Morgan fingerprint density at radius 1 is 1.45 bits per heavy atom. The number of esters is 1. The molecule has 0 aliphatic heterocycles.